The molecule has 0 saturated carbocycles. The van der Waals surface area contributed by atoms with Crippen molar-refractivity contribution in [3.05, 3.63) is 29.3 Å². The third-order valence-electron chi connectivity index (χ3n) is 4.46. The number of carbonyl (C=O) groups excluding carboxylic acids is 1. The van der Waals surface area contributed by atoms with Gasteiger partial charge in [0.05, 0.1) is 30.4 Å². The fourth-order valence-electron chi connectivity index (χ4n) is 3.26. The third-order valence-corrected chi connectivity index (χ3v) is 4.46. The summed E-state index contributed by atoms with van der Waals surface area (Å²) in [5.41, 5.74) is 1.30. The van der Waals surface area contributed by atoms with Crippen molar-refractivity contribution in [2.75, 3.05) is 32.8 Å². The Labute approximate surface area is 134 Å². The van der Waals surface area contributed by atoms with Gasteiger partial charge in [-0.15, -0.1) is 0 Å². The summed E-state index contributed by atoms with van der Waals surface area (Å²) in [6, 6.07) is 7.01. The average molecular weight is 316 g/mol. The summed E-state index contributed by atoms with van der Waals surface area (Å²) in [6.45, 7) is 2.12. The first-order valence-corrected chi connectivity index (χ1v) is 7.65. The second-order valence-corrected chi connectivity index (χ2v) is 5.80. The highest BCUT2D eigenvalue weighted by molar-refractivity contribution is 5.62. The van der Waals surface area contributed by atoms with Crippen LogP contribution in [-0.2, 0) is 0 Å². The van der Waals surface area contributed by atoms with Crippen LogP contribution in [-0.4, -0.2) is 59.9 Å². The number of hydrogen-bond acceptors (Lipinski definition) is 6. The number of benzene rings is 1. The number of nitrogens with zero attached hydrogens (tertiary/aromatic N) is 3. The number of carboxylic acid groups (broad SMARTS) is 1. The first-order chi connectivity index (χ1) is 11.1. The van der Waals surface area contributed by atoms with Crippen molar-refractivity contribution < 1.29 is 19.7 Å². The molecule has 23 heavy (non-hydrogen) atoms. The minimum absolute atomic E-state index is 0.301. The van der Waals surface area contributed by atoms with Crippen molar-refractivity contribution in [2.45, 2.75) is 18.6 Å². The van der Waals surface area contributed by atoms with Crippen molar-refractivity contribution in [3.8, 4) is 11.8 Å². The van der Waals surface area contributed by atoms with E-state index in [-0.39, 0.29) is 6.04 Å². The summed E-state index contributed by atoms with van der Waals surface area (Å²) < 4.78 is 5.69. The molecule has 0 aromatic heterocycles. The van der Waals surface area contributed by atoms with E-state index >= 15 is 0 Å². The van der Waals surface area contributed by atoms with Gasteiger partial charge in [-0.3, -0.25) is 4.90 Å². The van der Waals surface area contributed by atoms with Crippen molar-refractivity contribution in [3.63, 3.8) is 0 Å². The predicted molar refractivity (Wildman–Crippen MR) is 78.6 cm³/mol. The lowest BCUT2D eigenvalue weighted by atomic mass is 9.95. The van der Waals surface area contributed by atoms with E-state index in [0.717, 1.165) is 5.56 Å². The maximum atomic E-state index is 10.9. The minimum atomic E-state index is -1.17. The molecule has 2 atom stereocenters. The summed E-state index contributed by atoms with van der Waals surface area (Å²) in [6.07, 6.45) is -1.30. The number of amides is 1. The van der Waals surface area contributed by atoms with Crippen LogP contribution >= 0.6 is 0 Å². The van der Waals surface area contributed by atoms with Crippen LogP contribution in [0.3, 0.4) is 0 Å². The molecule has 122 valence electrons. The maximum absolute atomic E-state index is 10.9. The fourth-order valence-corrected chi connectivity index (χ4v) is 3.26. The van der Waals surface area contributed by atoms with E-state index in [1.54, 1.807) is 18.2 Å². The molecule has 2 aliphatic rings. The number of carbonyl (C=O) groups is 1. The Morgan fingerprint density at radius 2 is 2.09 bits per heavy atom. The molecule has 1 aromatic rings. The summed E-state index contributed by atoms with van der Waals surface area (Å²) >= 11 is 0. The van der Waals surface area contributed by atoms with Crippen LogP contribution in [0.4, 0.5) is 4.79 Å². The summed E-state index contributed by atoms with van der Waals surface area (Å²) in [5, 5.41) is 30.6. The van der Waals surface area contributed by atoms with Gasteiger partial charge in [-0.25, -0.2) is 0 Å². The van der Waals surface area contributed by atoms with Gasteiger partial charge in [-0.05, 0) is 18.2 Å². The minimum Gasteiger partial charge on any atom is -0.530 e. The number of hydrogen-bond donors (Lipinski definition) is 1. The topological polar surface area (TPSA) is 99.9 Å². The summed E-state index contributed by atoms with van der Waals surface area (Å²) in [5.74, 6) is 0.674. The molecule has 0 spiro atoms. The Balaban J connectivity index is 1.89. The zero-order chi connectivity index (χ0) is 16.4. The lowest BCUT2D eigenvalue weighted by Crippen LogP contribution is -2.54. The van der Waals surface area contributed by atoms with Gasteiger partial charge in [0.25, 0.3) is 0 Å². The van der Waals surface area contributed by atoms with Gasteiger partial charge in [-0.2, -0.15) is 5.26 Å². The number of nitriles is 1. The summed E-state index contributed by atoms with van der Waals surface area (Å²) in [4.78, 5) is 14.3. The number of fused-ring (bicyclic) bond motifs is 1. The number of rotatable bonds is 1. The molecule has 7 nitrogen and oxygen atoms in total. The van der Waals surface area contributed by atoms with Crippen LogP contribution in [0.2, 0.25) is 0 Å². The molecule has 3 rings (SSSR count). The standard InChI is InChI=1S/C16H19N3O4/c17-10-11-1-2-14-12(9-11)15(13(20)3-8-23-14)18-4-6-19(7-5-18)16(21)22/h1-2,9,13,15,20H,3-8H2,(H,21,22)/p-1. The molecule has 2 aliphatic heterocycles. The van der Waals surface area contributed by atoms with Crippen LogP contribution in [0.15, 0.2) is 18.2 Å². The van der Waals surface area contributed by atoms with E-state index in [0.29, 0.717) is 50.5 Å². The Hall–Kier alpha value is -2.30. The Morgan fingerprint density at radius 1 is 1.35 bits per heavy atom. The Bertz CT molecular complexity index is 635. The van der Waals surface area contributed by atoms with Gasteiger partial charge in [0, 0.05) is 38.2 Å². The zero-order valence-electron chi connectivity index (χ0n) is 12.6. The predicted octanol–water partition coefficient (Wildman–Crippen LogP) is -0.296. The van der Waals surface area contributed by atoms with Crippen LogP contribution in [0.5, 0.6) is 5.75 Å². The van der Waals surface area contributed by atoms with Crippen molar-refractivity contribution in [2.24, 2.45) is 0 Å². The molecule has 2 unspecified atom stereocenters. The first kappa shape index (κ1) is 15.6. The SMILES string of the molecule is N#Cc1ccc2c(c1)C(N1CCN(C(=O)[O-])CC1)C(O)CCO2. The van der Waals surface area contributed by atoms with Crippen LogP contribution < -0.4 is 9.84 Å². The third kappa shape index (κ3) is 3.09. The molecule has 2 heterocycles. The molecule has 1 amide bonds. The molecule has 1 saturated heterocycles. The molecule has 1 fully saturated rings. The average Bonchev–Trinajstić information content (AvgIpc) is 2.72. The Kier molecular flexibility index (Phi) is 4.37. The van der Waals surface area contributed by atoms with Crippen molar-refractivity contribution in [1.82, 2.24) is 9.80 Å². The van der Waals surface area contributed by atoms with E-state index in [2.05, 4.69) is 11.0 Å². The van der Waals surface area contributed by atoms with Gasteiger partial charge >= 0.3 is 0 Å². The highest BCUT2D eigenvalue weighted by atomic mass is 16.5. The molecule has 0 radical (unpaired) electrons. The van der Waals surface area contributed by atoms with E-state index in [1.165, 1.54) is 4.90 Å². The number of aliphatic hydroxyl groups excluding tert-OH is 1. The van der Waals surface area contributed by atoms with Crippen LogP contribution in [0.25, 0.3) is 0 Å². The second kappa shape index (κ2) is 6.44. The molecule has 0 aliphatic carbocycles. The first-order valence-electron chi connectivity index (χ1n) is 7.65. The monoisotopic (exact) mass is 316 g/mol. The maximum Gasteiger partial charge on any atom is 0.137 e. The van der Waals surface area contributed by atoms with Crippen LogP contribution in [0.1, 0.15) is 23.6 Å². The fraction of sp³-hybridized carbons (Fsp3) is 0.500. The quantitative estimate of drug-likeness (QED) is 0.764. The van der Waals surface area contributed by atoms with Crippen LogP contribution in [0, 0.1) is 11.3 Å². The molecular weight excluding hydrogens is 298 g/mol. The normalized spacial score (nSPS) is 25.0. The van der Waals surface area contributed by atoms with Crippen molar-refractivity contribution in [1.29, 1.82) is 5.26 Å². The lowest BCUT2D eigenvalue weighted by Gasteiger charge is -2.41. The highest BCUT2D eigenvalue weighted by Gasteiger charge is 2.34. The number of piperazine rings is 1. The molecule has 1 N–H and O–H groups in total. The lowest BCUT2D eigenvalue weighted by molar-refractivity contribution is -0.267. The largest absolute Gasteiger partial charge is 0.530 e. The van der Waals surface area contributed by atoms with E-state index < -0.39 is 12.2 Å². The highest BCUT2D eigenvalue weighted by Crippen LogP contribution is 2.36. The molecule has 7 heteroatoms. The van der Waals surface area contributed by atoms with E-state index in [1.807, 2.05) is 0 Å². The van der Waals surface area contributed by atoms with Crippen molar-refractivity contribution >= 4 is 6.09 Å². The van der Waals surface area contributed by atoms with Gasteiger partial charge in [0.15, 0.2) is 0 Å². The van der Waals surface area contributed by atoms with E-state index in [4.69, 9.17) is 10.00 Å². The Morgan fingerprint density at radius 3 is 2.74 bits per heavy atom. The molecule has 1 aromatic carbocycles. The van der Waals surface area contributed by atoms with Gasteiger partial charge in [0.1, 0.15) is 11.8 Å². The van der Waals surface area contributed by atoms with Gasteiger partial charge < -0.3 is 24.6 Å². The number of aliphatic hydroxyl groups is 1. The smallest absolute Gasteiger partial charge is 0.137 e. The molecule has 0 bridgehead atoms. The number of ether oxygens (including phenoxy) is 1. The second-order valence-electron chi connectivity index (χ2n) is 5.80. The van der Waals surface area contributed by atoms with Gasteiger partial charge in [0.2, 0.25) is 0 Å². The van der Waals surface area contributed by atoms with Gasteiger partial charge in [-0.1, -0.05) is 0 Å². The molecular formula is C16H18N3O4-. The van der Waals surface area contributed by atoms with E-state index in [9.17, 15) is 15.0 Å². The zero-order valence-corrected chi connectivity index (χ0v) is 12.6. The summed E-state index contributed by atoms with van der Waals surface area (Å²) in [7, 11) is 0.